The molecule has 18 heavy (non-hydrogen) atoms. The van der Waals surface area contributed by atoms with Crippen LogP contribution in [-0.2, 0) is 6.42 Å². The van der Waals surface area contributed by atoms with E-state index in [0.29, 0.717) is 10.7 Å². The quantitative estimate of drug-likeness (QED) is 0.797. The molecule has 0 saturated heterocycles. The van der Waals surface area contributed by atoms with Gasteiger partial charge in [0.05, 0.1) is 5.69 Å². The average Bonchev–Trinajstić information content (AvgIpc) is 2.41. The molecule has 2 aromatic rings. The zero-order valence-electron chi connectivity index (χ0n) is 10.3. The molecule has 4 heteroatoms. The Balaban J connectivity index is 2.14. The van der Waals surface area contributed by atoms with Crippen molar-refractivity contribution in [2.75, 3.05) is 0 Å². The van der Waals surface area contributed by atoms with E-state index in [9.17, 15) is 0 Å². The molecular formula is C14H15N3S. The van der Waals surface area contributed by atoms with Crippen molar-refractivity contribution in [3.05, 3.63) is 51.8 Å². The van der Waals surface area contributed by atoms with E-state index in [1.54, 1.807) is 0 Å². The lowest BCUT2D eigenvalue weighted by atomic mass is 9.83. The molecule has 0 fully saturated rings. The van der Waals surface area contributed by atoms with E-state index in [2.05, 4.69) is 27.9 Å². The Morgan fingerprint density at radius 2 is 2.28 bits per heavy atom. The van der Waals surface area contributed by atoms with Crippen molar-refractivity contribution >= 4 is 12.2 Å². The third-order valence-corrected chi connectivity index (χ3v) is 3.79. The van der Waals surface area contributed by atoms with Gasteiger partial charge in [-0.15, -0.1) is 0 Å². The molecule has 1 aliphatic rings. The van der Waals surface area contributed by atoms with E-state index in [-0.39, 0.29) is 0 Å². The maximum absolute atomic E-state index is 5.14. The summed E-state index contributed by atoms with van der Waals surface area (Å²) in [6.45, 7) is 2.07. The van der Waals surface area contributed by atoms with Gasteiger partial charge in [-0.05, 0) is 55.6 Å². The third kappa shape index (κ3) is 1.97. The maximum Gasteiger partial charge on any atom is 0.196 e. The van der Waals surface area contributed by atoms with Crippen molar-refractivity contribution in [2.45, 2.75) is 32.1 Å². The predicted octanol–water partition coefficient (Wildman–Crippen LogP) is 3.31. The van der Waals surface area contributed by atoms with Crippen LogP contribution in [0.3, 0.4) is 0 Å². The largest absolute Gasteiger partial charge is 0.334 e. The van der Waals surface area contributed by atoms with Crippen LogP contribution in [0.25, 0.3) is 0 Å². The summed E-state index contributed by atoms with van der Waals surface area (Å²) in [6.07, 6.45) is 7.18. The monoisotopic (exact) mass is 257 g/mol. The number of nitrogens with zero attached hydrogens (tertiary/aromatic N) is 2. The Morgan fingerprint density at radius 1 is 1.39 bits per heavy atom. The highest BCUT2D eigenvalue weighted by Gasteiger charge is 2.24. The molecule has 1 unspecified atom stereocenters. The first-order valence-corrected chi connectivity index (χ1v) is 6.66. The number of rotatable bonds is 1. The van der Waals surface area contributed by atoms with Gasteiger partial charge in [0.15, 0.2) is 4.77 Å². The number of H-pyrrole nitrogens is 1. The number of pyridine rings is 1. The Kier molecular flexibility index (Phi) is 2.96. The van der Waals surface area contributed by atoms with Gasteiger partial charge in [-0.1, -0.05) is 6.07 Å². The van der Waals surface area contributed by atoms with Crippen LogP contribution in [0, 0.1) is 11.7 Å². The van der Waals surface area contributed by atoms with Crippen LogP contribution < -0.4 is 0 Å². The lowest BCUT2D eigenvalue weighted by molar-refractivity contribution is 0.583. The topological polar surface area (TPSA) is 41.6 Å². The van der Waals surface area contributed by atoms with Crippen LogP contribution in [-0.4, -0.2) is 15.0 Å². The molecule has 2 heterocycles. The summed E-state index contributed by atoms with van der Waals surface area (Å²) in [5.41, 5.74) is 4.90. The lowest BCUT2D eigenvalue weighted by Gasteiger charge is -2.25. The molecule has 92 valence electrons. The summed E-state index contributed by atoms with van der Waals surface area (Å²) in [7, 11) is 0. The zero-order chi connectivity index (χ0) is 12.5. The van der Waals surface area contributed by atoms with E-state index in [4.69, 9.17) is 12.2 Å². The van der Waals surface area contributed by atoms with Crippen LogP contribution in [0.15, 0.2) is 24.5 Å². The summed E-state index contributed by atoms with van der Waals surface area (Å²) in [6, 6.07) is 4.20. The predicted molar refractivity (Wildman–Crippen MR) is 73.2 cm³/mol. The van der Waals surface area contributed by atoms with E-state index in [1.807, 2.05) is 18.5 Å². The summed E-state index contributed by atoms with van der Waals surface area (Å²) >= 11 is 5.14. The molecule has 2 aromatic heterocycles. The van der Waals surface area contributed by atoms with Gasteiger partial charge in [-0.3, -0.25) is 4.98 Å². The zero-order valence-corrected chi connectivity index (χ0v) is 11.1. The first kappa shape index (κ1) is 11.5. The number of aryl methyl sites for hydroxylation is 2. The fourth-order valence-corrected chi connectivity index (χ4v) is 2.89. The molecule has 0 bridgehead atoms. The van der Waals surface area contributed by atoms with Crippen LogP contribution >= 0.6 is 12.2 Å². The van der Waals surface area contributed by atoms with Crippen molar-refractivity contribution in [1.29, 1.82) is 0 Å². The molecule has 1 aliphatic carbocycles. The second-order valence-electron chi connectivity index (χ2n) is 4.78. The second kappa shape index (κ2) is 4.61. The molecule has 0 spiro atoms. The van der Waals surface area contributed by atoms with Crippen molar-refractivity contribution in [3.63, 3.8) is 0 Å². The highest BCUT2D eigenvalue weighted by Crippen LogP contribution is 2.35. The number of fused-ring (bicyclic) bond motifs is 1. The highest BCUT2D eigenvalue weighted by atomic mass is 32.1. The summed E-state index contributed by atoms with van der Waals surface area (Å²) in [5, 5.41) is 0. The lowest BCUT2D eigenvalue weighted by Crippen LogP contribution is -2.15. The van der Waals surface area contributed by atoms with Crippen LogP contribution in [0.1, 0.15) is 41.3 Å². The minimum atomic E-state index is 0.333. The van der Waals surface area contributed by atoms with Gasteiger partial charge in [0, 0.05) is 24.0 Å². The van der Waals surface area contributed by atoms with Gasteiger partial charge in [0.1, 0.15) is 0 Å². The molecule has 0 saturated carbocycles. The van der Waals surface area contributed by atoms with Crippen LogP contribution in [0.5, 0.6) is 0 Å². The minimum Gasteiger partial charge on any atom is -0.334 e. The smallest absolute Gasteiger partial charge is 0.196 e. The van der Waals surface area contributed by atoms with Gasteiger partial charge in [0.25, 0.3) is 0 Å². The molecule has 3 nitrogen and oxygen atoms in total. The maximum atomic E-state index is 5.14. The van der Waals surface area contributed by atoms with Gasteiger partial charge < -0.3 is 4.98 Å². The Labute approximate surface area is 111 Å². The van der Waals surface area contributed by atoms with Crippen molar-refractivity contribution in [2.24, 2.45) is 0 Å². The fourth-order valence-electron chi connectivity index (χ4n) is 2.72. The number of hydrogen-bond acceptors (Lipinski definition) is 3. The molecule has 3 rings (SSSR count). The minimum absolute atomic E-state index is 0.333. The Bertz CT molecular complexity index is 633. The van der Waals surface area contributed by atoms with Crippen LogP contribution in [0.2, 0.25) is 0 Å². The van der Waals surface area contributed by atoms with E-state index >= 15 is 0 Å². The number of aromatic nitrogens is 3. The Hall–Kier alpha value is -1.55. The first-order valence-electron chi connectivity index (χ1n) is 6.25. The summed E-state index contributed by atoms with van der Waals surface area (Å²) in [5.74, 6) is 0.333. The van der Waals surface area contributed by atoms with E-state index in [0.717, 1.165) is 18.4 Å². The number of aromatic amines is 1. The molecule has 1 atom stereocenters. The van der Waals surface area contributed by atoms with E-state index in [1.165, 1.54) is 23.4 Å². The number of hydrogen-bond donors (Lipinski definition) is 1. The molecule has 1 N–H and O–H groups in total. The third-order valence-electron chi connectivity index (χ3n) is 3.59. The summed E-state index contributed by atoms with van der Waals surface area (Å²) in [4.78, 5) is 12.0. The van der Waals surface area contributed by atoms with Gasteiger partial charge >= 0.3 is 0 Å². The van der Waals surface area contributed by atoms with Gasteiger partial charge in [-0.2, -0.15) is 0 Å². The molecule has 0 aromatic carbocycles. The second-order valence-corrected chi connectivity index (χ2v) is 5.16. The summed E-state index contributed by atoms with van der Waals surface area (Å²) < 4.78 is 0.554. The average molecular weight is 257 g/mol. The first-order chi connectivity index (χ1) is 8.75. The molecular weight excluding hydrogens is 242 g/mol. The Morgan fingerprint density at radius 3 is 3.17 bits per heavy atom. The normalized spacial score (nSPS) is 18.4. The highest BCUT2D eigenvalue weighted by molar-refractivity contribution is 7.71. The van der Waals surface area contributed by atoms with Crippen molar-refractivity contribution < 1.29 is 0 Å². The van der Waals surface area contributed by atoms with Crippen molar-refractivity contribution in [3.8, 4) is 0 Å². The number of nitrogens with one attached hydrogen (secondary N) is 1. The van der Waals surface area contributed by atoms with Crippen molar-refractivity contribution in [1.82, 2.24) is 15.0 Å². The fraction of sp³-hybridized carbons (Fsp3) is 0.357. The van der Waals surface area contributed by atoms with E-state index < -0.39 is 0 Å². The van der Waals surface area contributed by atoms with Crippen LogP contribution in [0.4, 0.5) is 0 Å². The SMILES string of the molecule is Cc1cnc(=S)[nH]c1C1CCCc2cccnc21. The van der Waals surface area contributed by atoms with Gasteiger partial charge in [0.2, 0.25) is 0 Å². The molecule has 0 amide bonds. The standard InChI is InChI=1S/C14H15N3S/c1-9-8-16-14(18)17-12(9)11-6-2-4-10-5-3-7-15-13(10)11/h3,5,7-8,11H,2,4,6H2,1H3,(H,16,17,18). The molecule has 0 aliphatic heterocycles. The molecule has 0 radical (unpaired) electrons. The van der Waals surface area contributed by atoms with Gasteiger partial charge in [-0.25, -0.2) is 4.98 Å².